The summed E-state index contributed by atoms with van der Waals surface area (Å²) in [4.78, 5) is 11.5. The molecule has 0 saturated carbocycles. The van der Waals surface area contributed by atoms with Crippen LogP contribution in [-0.2, 0) is 6.54 Å². The van der Waals surface area contributed by atoms with Gasteiger partial charge in [0.1, 0.15) is 6.54 Å². The topological polar surface area (TPSA) is 86.5 Å². The van der Waals surface area contributed by atoms with Crippen molar-refractivity contribution < 1.29 is 14.2 Å². The minimum Gasteiger partial charge on any atom is -0.415 e. The third-order valence-corrected chi connectivity index (χ3v) is 4.48. The molecule has 7 heteroatoms. The van der Waals surface area contributed by atoms with Crippen molar-refractivity contribution >= 4 is 5.69 Å². The molecule has 0 fully saturated rings. The van der Waals surface area contributed by atoms with Gasteiger partial charge in [-0.25, -0.2) is 0 Å². The van der Waals surface area contributed by atoms with Gasteiger partial charge in [-0.05, 0) is 26.0 Å². The molecule has 1 unspecified atom stereocenters. The van der Waals surface area contributed by atoms with E-state index in [-0.39, 0.29) is 11.7 Å². The first kappa shape index (κ1) is 17.8. The van der Waals surface area contributed by atoms with Crippen LogP contribution < -0.4 is 4.90 Å². The predicted octanol–water partition coefficient (Wildman–Crippen LogP) is 2.73. The van der Waals surface area contributed by atoms with Gasteiger partial charge in [-0.15, -0.1) is 10.2 Å². The maximum absolute atomic E-state index is 10.7. The quantitative estimate of drug-likeness (QED) is 0.544. The number of nitro groups is 1. The number of benzene rings is 2. The summed E-state index contributed by atoms with van der Waals surface area (Å²) in [6.45, 7) is 4.95. The van der Waals surface area contributed by atoms with Crippen molar-refractivity contribution in [2.75, 3.05) is 7.05 Å². The Kier molecular flexibility index (Phi) is 5.09. The molecule has 0 spiro atoms. The van der Waals surface area contributed by atoms with E-state index >= 15 is 0 Å². The summed E-state index contributed by atoms with van der Waals surface area (Å²) in [6, 6.07) is 14.6. The van der Waals surface area contributed by atoms with Crippen LogP contribution in [0.1, 0.15) is 30.0 Å². The van der Waals surface area contributed by atoms with Crippen LogP contribution in [-0.4, -0.2) is 22.2 Å². The SMILES string of the molecule is Cc1ccc(C[NH+](C)[C@@H](C)c2nnc(-c3ccc([N+](=O)[O-])cc3)o2)cc1. The minimum atomic E-state index is -0.436. The Labute approximate surface area is 151 Å². The molecule has 0 radical (unpaired) electrons. The third kappa shape index (κ3) is 3.94. The van der Waals surface area contributed by atoms with Crippen molar-refractivity contribution in [2.45, 2.75) is 26.4 Å². The van der Waals surface area contributed by atoms with E-state index in [1.54, 1.807) is 12.1 Å². The first-order valence-electron chi connectivity index (χ1n) is 8.40. The number of quaternary nitrogens is 1. The van der Waals surface area contributed by atoms with E-state index in [1.165, 1.54) is 28.2 Å². The highest BCUT2D eigenvalue weighted by Gasteiger charge is 2.22. The van der Waals surface area contributed by atoms with Crippen LogP contribution >= 0.6 is 0 Å². The van der Waals surface area contributed by atoms with Crippen LogP contribution in [0.4, 0.5) is 5.69 Å². The van der Waals surface area contributed by atoms with Crippen molar-refractivity contribution in [3.8, 4) is 11.5 Å². The van der Waals surface area contributed by atoms with E-state index < -0.39 is 4.92 Å². The number of nitrogens with one attached hydrogen (secondary N) is 1. The molecule has 1 aromatic heterocycles. The maximum Gasteiger partial charge on any atom is 0.274 e. The Morgan fingerprint density at radius 3 is 2.38 bits per heavy atom. The second kappa shape index (κ2) is 7.45. The second-order valence-electron chi connectivity index (χ2n) is 6.48. The number of rotatable bonds is 6. The minimum absolute atomic E-state index is 0.0237. The van der Waals surface area contributed by atoms with E-state index in [2.05, 4.69) is 48.4 Å². The van der Waals surface area contributed by atoms with Crippen LogP contribution in [0, 0.1) is 17.0 Å². The van der Waals surface area contributed by atoms with Crippen molar-refractivity contribution in [2.24, 2.45) is 0 Å². The average molecular weight is 353 g/mol. The Bertz CT molecular complexity index is 888. The fourth-order valence-electron chi connectivity index (χ4n) is 2.64. The van der Waals surface area contributed by atoms with E-state index in [9.17, 15) is 10.1 Å². The van der Waals surface area contributed by atoms with Crippen LogP contribution in [0.15, 0.2) is 52.9 Å². The van der Waals surface area contributed by atoms with Gasteiger partial charge in [0.2, 0.25) is 5.89 Å². The first-order valence-corrected chi connectivity index (χ1v) is 8.40. The van der Waals surface area contributed by atoms with Crippen LogP contribution in [0.5, 0.6) is 0 Å². The molecule has 134 valence electrons. The number of non-ortho nitro benzene ring substituents is 1. The average Bonchev–Trinajstić information content (AvgIpc) is 3.13. The lowest BCUT2D eigenvalue weighted by atomic mass is 10.1. The number of aromatic nitrogens is 2. The highest BCUT2D eigenvalue weighted by Crippen LogP contribution is 2.22. The Morgan fingerprint density at radius 2 is 1.77 bits per heavy atom. The molecule has 3 aromatic rings. The zero-order valence-corrected chi connectivity index (χ0v) is 15.0. The van der Waals surface area contributed by atoms with Gasteiger partial charge in [0.25, 0.3) is 11.6 Å². The van der Waals surface area contributed by atoms with Crippen LogP contribution in [0.3, 0.4) is 0 Å². The van der Waals surface area contributed by atoms with Crippen molar-refractivity contribution in [3.05, 3.63) is 75.7 Å². The molecule has 0 saturated heterocycles. The summed E-state index contributed by atoms with van der Waals surface area (Å²) in [5.74, 6) is 0.910. The fourth-order valence-corrected chi connectivity index (χ4v) is 2.64. The zero-order chi connectivity index (χ0) is 18.7. The normalized spacial score (nSPS) is 13.3. The second-order valence-corrected chi connectivity index (χ2v) is 6.48. The summed E-state index contributed by atoms with van der Waals surface area (Å²) < 4.78 is 5.80. The van der Waals surface area contributed by atoms with Crippen molar-refractivity contribution in [1.82, 2.24) is 10.2 Å². The number of hydrogen-bond donors (Lipinski definition) is 1. The number of hydrogen-bond acceptors (Lipinski definition) is 5. The smallest absolute Gasteiger partial charge is 0.274 e. The van der Waals surface area contributed by atoms with E-state index in [0.717, 1.165) is 6.54 Å². The van der Waals surface area contributed by atoms with E-state index in [4.69, 9.17) is 4.42 Å². The molecule has 2 atom stereocenters. The number of aryl methyl sites for hydroxylation is 1. The van der Waals surface area contributed by atoms with Crippen molar-refractivity contribution in [3.63, 3.8) is 0 Å². The highest BCUT2D eigenvalue weighted by atomic mass is 16.6. The molecule has 3 rings (SSSR count). The van der Waals surface area contributed by atoms with Gasteiger partial charge in [0, 0.05) is 23.3 Å². The maximum atomic E-state index is 10.7. The van der Waals surface area contributed by atoms with Crippen LogP contribution in [0.25, 0.3) is 11.5 Å². The summed E-state index contributed by atoms with van der Waals surface area (Å²) in [5.41, 5.74) is 3.18. The highest BCUT2D eigenvalue weighted by molar-refractivity contribution is 5.55. The van der Waals surface area contributed by atoms with Gasteiger partial charge in [-0.1, -0.05) is 29.8 Å². The molecule has 2 aromatic carbocycles. The number of nitro benzene ring substituents is 1. The molecule has 1 N–H and O–H groups in total. The summed E-state index contributed by atoms with van der Waals surface area (Å²) >= 11 is 0. The molecule has 0 bridgehead atoms. The van der Waals surface area contributed by atoms with Crippen LogP contribution in [0.2, 0.25) is 0 Å². The first-order chi connectivity index (χ1) is 12.4. The number of nitrogens with zero attached hydrogens (tertiary/aromatic N) is 3. The molecule has 0 amide bonds. The largest absolute Gasteiger partial charge is 0.415 e. The van der Waals surface area contributed by atoms with Gasteiger partial charge in [0.15, 0.2) is 6.04 Å². The molecule has 26 heavy (non-hydrogen) atoms. The monoisotopic (exact) mass is 353 g/mol. The molecule has 0 aliphatic carbocycles. The lowest BCUT2D eigenvalue weighted by Crippen LogP contribution is -3.07. The molecular weight excluding hydrogens is 332 g/mol. The van der Waals surface area contributed by atoms with Gasteiger partial charge in [-0.2, -0.15) is 0 Å². The standard InChI is InChI=1S/C19H20N4O3/c1-13-4-6-15(7-5-13)12-22(3)14(2)18-20-21-19(26-18)16-8-10-17(11-9-16)23(24)25/h4-11,14H,12H2,1-3H3/p+1/t14-/m0/s1. The fraction of sp³-hybridized carbons (Fsp3) is 0.263. The van der Waals surface area contributed by atoms with Gasteiger partial charge in [0.05, 0.1) is 12.0 Å². The molecule has 7 nitrogen and oxygen atoms in total. The summed E-state index contributed by atoms with van der Waals surface area (Å²) in [7, 11) is 2.08. The Balaban J connectivity index is 1.71. The predicted molar refractivity (Wildman–Crippen MR) is 96.6 cm³/mol. The molecule has 0 aliphatic heterocycles. The third-order valence-electron chi connectivity index (χ3n) is 4.48. The Morgan fingerprint density at radius 1 is 1.12 bits per heavy atom. The Hall–Kier alpha value is -3.06. The van der Waals surface area contributed by atoms with E-state index in [0.29, 0.717) is 17.3 Å². The summed E-state index contributed by atoms with van der Waals surface area (Å²) in [6.07, 6.45) is 0. The zero-order valence-electron chi connectivity index (χ0n) is 15.0. The lowest BCUT2D eigenvalue weighted by molar-refractivity contribution is -0.925. The molecule has 1 heterocycles. The summed E-state index contributed by atoms with van der Waals surface area (Å²) in [5, 5.41) is 19.0. The van der Waals surface area contributed by atoms with Gasteiger partial charge < -0.3 is 9.32 Å². The van der Waals surface area contributed by atoms with E-state index in [1.807, 2.05) is 6.92 Å². The van der Waals surface area contributed by atoms with Gasteiger partial charge in [-0.3, -0.25) is 10.1 Å². The molecular formula is C19H21N4O3+. The molecule has 0 aliphatic rings. The van der Waals surface area contributed by atoms with Gasteiger partial charge >= 0.3 is 0 Å². The van der Waals surface area contributed by atoms with Crippen molar-refractivity contribution in [1.29, 1.82) is 0 Å². The lowest BCUT2D eigenvalue weighted by Gasteiger charge is -2.18.